The first-order valence-electron chi connectivity index (χ1n) is 12.4. The fourth-order valence-corrected chi connectivity index (χ4v) is 6.04. The average molecular weight is 583 g/mol. The van der Waals surface area contributed by atoms with Crippen molar-refractivity contribution in [3.63, 3.8) is 0 Å². The number of nitrogens with one attached hydrogen (secondary N) is 3. The van der Waals surface area contributed by atoms with Crippen LogP contribution in [0.25, 0.3) is 16.7 Å². The molecule has 0 aliphatic rings. The number of anilines is 2. The van der Waals surface area contributed by atoms with Crippen LogP contribution in [0.3, 0.4) is 0 Å². The van der Waals surface area contributed by atoms with E-state index in [9.17, 15) is 13.2 Å². The van der Waals surface area contributed by atoms with Crippen molar-refractivity contribution in [3.05, 3.63) is 115 Å². The number of benzene rings is 3. The van der Waals surface area contributed by atoms with E-state index >= 15 is 0 Å². The number of thioether (sulfide) groups is 1. The van der Waals surface area contributed by atoms with Gasteiger partial charge in [-0.1, -0.05) is 30.3 Å². The van der Waals surface area contributed by atoms with Gasteiger partial charge in [-0.25, -0.2) is 23.1 Å². The number of fused-ring (bicyclic) bond motifs is 1. The van der Waals surface area contributed by atoms with E-state index in [-0.39, 0.29) is 10.8 Å². The standard InChI is InChI=1S/C28H22N8O3S2/c37-27(20-6-4-5-19(15-20)17-40-28-24-16-31-34-26(24)29-18-30-28)33-21-9-11-23(12-10-21)41(38,39)35-25-13-14-32-36(25)22-7-2-1-3-8-22/h1-16,18,35H,17H2,(H,33,37)(H,29,30,31,34). The Kier molecular flexibility index (Phi) is 7.18. The average Bonchev–Trinajstić information content (AvgIpc) is 3.67. The lowest BCUT2D eigenvalue weighted by molar-refractivity contribution is 0.102. The summed E-state index contributed by atoms with van der Waals surface area (Å²) in [6, 6.07) is 24.1. The summed E-state index contributed by atoms with van der Waals surface area (Å²) in [5, 5.41) is 15.5. The van der Waals surface area contributed by atoms with Crippen LogP contribution in [-0.2, 0) is 15.8 Å². The van der Waals surface area contributed by atoms with Gasteiger partial charge < -0.3 is 5.32 Å². The second kappa shape index (κ2) is 11.2. The van der Waals surface area contributed by atoms with Gasteiger partial charge in [-0.2, -0.15) is 10.2 Å². The third-order valence-corrected chi connectivity index (χ3v) is 8.53. The van der Waals surface area contributed by atoms with Crippen molar-refractivity contribution in [1.82, 2.24) is 29.9 Å². The Bertz CT molecular complexity index is 1940. The van der Waals surface area contributed by atoms with Crippen LogP contribution in [0.1, 0.15) is 15.9 Å². The summed E-state index contributed by atoms with van der Waals surface area (Å²) in [6.07, 6.45) is 4.69. The van der Waals surface area contributed by atoms with Crippen LogP contribution in [-0.4, -0.2) is 44.3 Å². The van der Waals surface area contributed by atoms with Crippen LogP contribution in [0.2, 0.25) is 0 Å². The van der Waals surface area contributed by atoms with Crippen molar-refractivity contribution < 1.29 is 13.2 Å². The number of amides is 1. The molecule has 0 radical (unpaired) electrons. The maximum absolute atomic E-state index is 13.0. The molecule has 6 aromatic rings. The molecule has 3 N–H and O–H groups in total. The summed E-state index contributed by atoms with van der Waals surface area (Å²) in [4.78, 5) is 21.5. The lowest BCUT2D eigenvalue weighted by Crippen LogP contribution is -2.16. The molecule has 0 fully saturated rings. The molecule has 41 heavy (non-hydrogen) atoms. The van der Waals surface area contributed by atoms with Crippen molar-refractivity contribution in [2.24, 2.45) is 0 Å². The van der Waals surface area contributed by atoms with Crippen LogP contribution >= 0.6 is 11.8 Å². The van der Waals surface area contributed by atoms with E-state index in [1.54, 1.807) is 30.5 Å². The molecule has 0 unspecified atom stereocenters. The molecule has 0 saturated heterocycles. The Hall–Kier alpha value is -5.01. The molecule has 0 aliphatic heterocycles. The van der Waals surface area contributed by atoms with Crippen LogP contribution < -0.4 is 10.0 Å². The number of rotatable bonds is 9. The van der Waals surface area contributed by atoms with Crippen molar-refractivity contribution in [2.45, 2.75) is 15.7 Å². The molecular formula is C28H22N8O3S2. The third kappa shape index (κ3) is 5.81. The van der Waals surface area contributed by atoms with E-state index in [1.165, 1.54) is 41.1 Å². The van der Waals surface area contributed by atoms with Crippen molar-refractivity contribution in [2.75, 3.05) is 10.0 Å². The number of H-pyrrole nitrogens is 1. The Labute approximate surface area is 239 Å². The fourth-order valence-electron chi connectivity index (χ4n) is 4.08. The van der Waals surface area contributed by atoms with Gasteiger partial charge in [-0.15, -0.1) is 11.8 Å². The number of carbonyl (C=O) groups is 1. The van der Waals surface area contributed by atoms with E-state index in [0.29, 0.717) is 28.5 Å². The van der Waals surface area contributed by atoms with Crippen molar-refractivity contribution in [1.29, 1.82) is 0 Å². The van der Waals surface area contributed by atoms with E-state index in [4.69, 9.17) is 0 Å². The highest BCUT2D eigenvalue weighted by atomic mass is 32.2. The molecule has 204 valence electrons. The summed E-state index contributed by atoms with van der Waals surface area (Å²) >= 11 is 1.53. The van der Waals surface area contributed by atoms with Crippen molar-refractivity contribution in [3.8, 4) is 5.69 Å². The maximum Gasteiger partial charge on any atom is 0.263 e. The number of hydrogen-bond donors (Lipinski definition) is 3. The monoisotopic (exact) mass is 582 g/mol. The molecule has 0 spiro atoms. The molecule has 3 aromatic carbocycles. The Morgan fingerprint density at radius 1 is 0.951 bits per heavy atom. The normalized spacial score (nSPS) is 11.4. The first kappa shape index (κ1) is 26.2. The zero-order chi connectivity index (χ0) is 28.2. The number of sulfonamides is 1. The molecule has 0 atom stereocenters. The lowest BCUT2D eigenvalue weighted by Gasteiger charge is -2.11. The minimum Gasteiger partial charge on any atom is -0.322 e. The fraction of sp³-hybridized carbons (Fsp3) is 0.0357. The largest absolute Gasteiger partial charge is 0.322 e. The van der Waals surface area contributed by atoms with E-state index in [1.807, 2.05) is 48.5 Å². The van der Waals surface area contributed by atoms with Gasteiger partial charge in [-0.3, -0.25) is 14.6 Å². The highest BCUT2D eigenvalue weighted by Crippen LogP contribution is 2.27. The quantitative estimate of drug-likeness (QED) is 0.161. The Morgan fingerprint density at radius 2 is 1.78 bits per heavy atom. The molecule has 1 amide bonds. The molecule has 11 nitrogen and oxygen atoms in total. The van der Waals surface area contributed by atoms with Gasteiger partial charge >= 0.3 is 0 Å². The highest BCUT2D eigenvalue weighted by molar-refractivity contribution is 7.98. The summed E-state index contributed by atoms with van der Waals surface area (Å²) in [5.74, 6) is 0.596. The molecule has 13 heteroatoms. The van der Waals surface area contributed by atoms with E-state index in [2.05, 4.69) is 35.3 Å². The predicted octanol–water partition coefficient (Wildman–Crippen LogP) is 4.88. The second-order valence-corrected chi connectivity index (χ2v) is 11.5. The SMILES string of the molecule is O=C(Nc1ccc(S(=O)(=O)Nc2ccnn2-c2ccccc2)cc1)c1cccc(CSc2ncnc3[nH]ncc23)c1. The third-order valence-electron chi connectivity index (χ3n) is 6.08. The van der Waals surface area contributed by atoms with Gasteiger partial charge in [-0.05, 0) is 54.1 Å². The molecule has 0 saturated carbocycles. The zero-order valence-electron chi connectivity index (χ0n) is 21.3. The molecule has 0 aliphatic carbocycles. The molecule has 6 rings (SSSR count). The van der Waals surface area contributed by atoms with E-state index in [0.717, 1.165) is 21.7 Å². The van der Waals surface area contributed by atoms with Crippen LogP contribution in [0.5, 0.6) is 0 Å². The number of nitrogens with zero attached hydrogens (tertiary/aromatic N) is 5. The molecule has 3 heterocycles. The molecule has 0 bridgehead atoms. The number of carbonyl (C=O) groups excluding carboxylic acids is 1. The first-order valence-corrected chi connectivity index (χ1v) is 14.8. The first-order chi connectivity index (χ1) is 20.0. The van der Waals surface area contributed by atoms with Gasteiger partial charge in [0.2, 0.25) is 0 Å². The van der Waals surface area contributed by atoms with Gasteiger partial charge in [0.25, 0.3) is 15.9 Å². The predicted molar refractivity (Wildman–Crippen MR) is 156 cm³/mol. The Balaban J connectivity index is 1.11. The van der Waals surface area contributed by atoms with E-state index < -0.39 is 10.0 Å². The maximum atomic E-state index is 13.0. The van der Waals surface area contributed by atoms with Gasteiger partial charge in [0.05, 0.1) is 28.4 Å². The Morgan fingerprint density at radius 3 is 2.61 bits per heavy atom. The van der Waals surface area contributed by atoms with Gasteiger partial charge in [0.1, 0.15) is 17.2 Å². The summed E-state index contributed by atoms with van der Waals surface area (Å²) in [6.45, 7) is 0. The minimum atomic E-state index is -3.90. The van der Waals surface area contributed by atoms with Gasteiger partial charge in [0, 0.05) is 23.1 Å². The van der Waals surface area contributed by atoms with Crippen molar-refractivity contribution >= 4 is 50.2 Å². The summed E-state index contributed by atoms with van der Waals surface area (Å²) < 4.78 is 30.2. The summed E-state index contributed by atoms with van der Waals surface area (Å²) in [5.41, 5.74) is 3.28. The van der Waals surface area contributed by atoms with Crippen LogP contribution in [0.4, 0.5) is 11.5 Å². The zero-order valence-corrected chi connectivity index (χ0v) is 22.9. The second-order valence-electron chi connectivity index (χ2n) is 8.85. The number of hydrogen-bond acceptors (Lipinski definition) is 8. The van der Waals surface area contributed by atoms with Crippen LogP contribution in [0.15, 0.2) is 114 Å². The lowest BCUT2D eigenvalue weighted by atomic mass is 10.1. The number of para-hydroxylation sites is 1. The molecular weight excluding hydrogens is 560 g/mol. The minimum absolute atomic E-state index is 0.0479. The van der Waals surface area contributed by atoms with Gasteiger partial charge in [0.15, 0.2) is 5.65 Å². The topological polar surface area (TPSA) is 148 Å². The summed E-state index contributed by atoms with van der Waals surface area (Å²) in [7, 11) is -3.90. The molecule has 3 aromatic heterocycles. The van der Waals surface area contributed by atoms with Crippen LogP contribution in [0, 0.1) is 0 Å². The number of aromatic nitrogens is 6. The highest BCUT2D eigenvalue weighted by Gasteiger charge is 2.18. The number of aromatic amines is 1. The smallest absolute Gasteiger partial charge is 0.263 e.